The molecule has 2 nitrogen and oxygen atoms in total. The molecule has 0 saturated carbocycles. The Morgan fingerprint density at radius 1 is 1.05 bits per heavy atom. The molecule has 1 aromatic heterocycles. The molecule has 0 amide bonds. The predicted molar refractivity (Wildman–Crippen MR) is 89.5 cm³/mol. The van der Waals surface area contributed by atoms with Gasteiger partial charge in [0.15, 0.2) is 0 Å². The molecule has 22 heavy (non-hydrogen) atoms. The zero-order valence-electron chi connectivity index (χ0n) is 12.5. The second-order valence-electron chi connectivity index (χ2n) is 5.65. The van der Waals surface area contributed by atoms with Gasteiger partial charge in [0, 0.05) is 23.7 Å². The van der Waals surface area contributed by atoms with Crippen LogP contribution in [0.25, 0.3) is 22.0 Å². The second kappa shape index (κ2) is 5.30. The van der Waals surface area contributed by atoms with Crippen LogP contribution >= 0.6 is 0 Å². The topological polar surface area (TPSA) is 22.1 Å². The van der Waals surface area contributed by atoms with Crippen LogP contribution in [0.5, 0.6) is 0 Å². The molecule has 2 heteroatoms. The Hall–Kier alpha value is -2.61. The zero-order valence-corrected chi connectivity index (χ0v) is 12.5. The maximum absolute atomic E-state index is 5.78. The number of fused-ring (bicyclic) bond motifs is 1. The van der Waals surface area contributed by atoms with Gasteiger partial charge in [0.2, 0.25) is 0 Å². The number of rotatable bonds is 2. The summed E-state index contributed by atoms with van der Waals surface area (Å²) in [5, 5.41) is 2.47. The summed E-state index contributed by atoms with van der Waals surface area (Å²) in [6, 6.07) is 16.9. The van der Waals surface area contributed by atoms with E-state index in [1.807, 2.05) is 12.3 Å². The quantitative estimate of drug-likeness (QED) is 0.647. The van der Waals surface area contributed by atoms with Crippen LogP contribution in [0.4, 0.5) is 0 Å². The number of aryl methyl sites for hydroxylation is 1. The number of pyridine rings is 1. The molecule has 0 spiro atoms. The van der Waals surface area contributed by atoms with Crippen molar-refractivity contribution < 1.29 is 4.74 Å². The second-order valence-corrected chi connectivity index (χ2v) is 5.65. The molecule has 0 bridgehead atoms. The van der Waals surface area contributed by atoms with Crippen molar-refractivity contribution in [3.05, 3.63) is 78.2 Å². The van der Waals surface area contributed by atoms with Gasteiger partial charge >= 0.3 is 0 Å². The number of aromatic nitrogens is 1. The largest absolute Gasteiger partial charge is 0.493 e. The first kappa shape index (κ1) is 13.1. The van der Waals surface area contributed by atoms with Gasteiger partial charge in [0.05, 0.1) is 12.0 Å². The molecule has 0 fully saturated rings. The van der Waals surface area contributed by atoms with Gasteiger partial charge in [-0.3, -0.25) is 4.98 Å². The van der Waals surface area contributed by atoms with Crippen LogP contribution in [0, 0.1) is 6.92 Å². The zero-order chi connectivity index (χ0) is 14.9. The predicted octanol–water partition coefficient (Wildman–Crippen LogP) is 5.19. The average Bonchev–Trinajstić information content (AvgIpc) is 3.09. The normalized spacial score (nSPS) is 16.9. The molecule has 1 aliphatic rings. The van der Waals surface area contributed by atoms with E-state index in [4.69, 9.17) is 4.74 Å². The Labute approximate surface area is 130 Å². The molecular weight excluding hydrogens is 270 g/mol. The molecule has 2 heterocycles. The molecule has 0 N–H and O–H groups in total. The third-order valence-electron chi connectivity index (χ3n) is 4.24. The first-order valence-electron chi connectivity index (χ1n) is 7.59. The Bertz CT molecular complexity index is 858. The van der Waals surface area contributed by atoms with E-state index < -0.39 is 0 Å². The van der Waals surface area contributed by atoms with E-state index in [1.165, 1.54) is 27.5 Å². The monoisotopic (exact) mass is 287 g/mol. The lowest BCUT2D eigenvalue weighted by Crippen LogP contribution is -2.01. The highest BCUT2D eigenvalue weighted by atomic mass is 16.5. The van der Waals surface area contributed by atoms with Crippen molar-refractivity contribution in [1.82, 2.24) is 4.98 Å². The van der Waals surface area contributed by atoms with Crippen LogP contribution in [-0.4, -0.2) is 4.98 Å². The fourth-order valence-electron chi connectivity index (χ4n) is 3.15. The van der Waals surface area contributed by atoms with Crippen LogP contribution in [0.2, 0.25) is 0 Å². The number of hydrogen-bond acceptors (Lipinski definition) is 2. The van der Waals surface area contributed by atoms with Crippen LogP contribution in [0.1, 0.15) is 23.7 Å². The number of hydrogen-bond donors (Lipinski definition) is 0. The summed E-state index contributed by atoms with van der Waals surface area (Å²) in [5.41, 5.74) is 4.64. The van der Waals surface area contributed by atoms with Gasteiger partial charge in [0.1, 0.15) is 6.10 Å². The number of ether oxygens (including phenoxy) is 1. The van der Waals surface area contributed by atoms with Crippen molar-refractivity contribution in [3.63, 3.8) is 0 Å². The highest BCUT2D eigenvalue weighted by molar-refractivity contribution is 5.98. The lowest BCUT2D eigenvalue weighted by Gasteiger charge is -2.18. The Balaban J connectivity index is 2.04. The minimum absolute atomic E-state index is 0.0843. The van der Waals surface area contributed by atoms with Gasteiger partial charge in [-0.2, -0.15) is 0 Å². The van der Waals surface area contributed by atoms with Crippen LogP contribution in [0.3, 0.4) is 0 Å². The smallest absolute Gasteiger partial charge is 0.127 e. The SMILES string of the molecule is Cc1cccnc1-c1c([C@@H]2CC=CO2)ccc2ccccc12. The lowest BCUT2D eigenvalue weighted by molar-refractivity contribution is 0.174. The molecule has 4 rings (SSSR count). The molecule has 0 unspecified atom stereocenters. The summed E-state index contributed by atoms with van der Waals surface area (Å²) in [6.07, 6.45) is 6.74. The highest BCUT2D eigenvalue weighted by Crippen LogP contribution is 2.39. The highest BCUT2D eigenvalue weighted by Gasteiger charge is 2.21. The molecule has 1 aliphatic heterocycles. The summed E-state index contributed by atoms with van der Waals surface area (Å²) in [5.74, 6) is 0. The molecular formula is C20H17NO. The van der Waals surface area contributed by atoms with Gasteiger partial charge in [-0.15, -0.1) is 0 Å². The van der Waals surface area contributed by atoms with Crippen LogP contribution in [-0.2, 0) is 4.74 Å². The fraction of sp³-hybridized carbons (Fsp3) is 0.150. The molecule has 1 atom stereocenters. The first-order valence-corrected chi connectivity index (χ1v) is 7.59. The fourth-order valence-corrected chi connectivity index (χ4v) is 3.15. The van der Waals surface area contributed by atoms with E-state index in [2.05, 4.69) is 60.4 Å². The molecule has 0 saturated heterocycles. The minimum Gasteiger partial charge on any atom is -0.493 e. The maximum Gasteiger partial charge on any atom is 0.127 e. The third-order valence-corrected chi connectivity index (χ3v) is 4.24. The van der Waals surface area contributed by atoms with Crippen LogP contribution in [0.15, 0.2) is 67.1 Å². The molecule has 3 aromatic rings. The molecule has 0 aliphatic carbocycles. The van der Waals surface area contributed by atoms with Crippen molar-refractivity contribution in [2.45, 2.75) is 19.4 Å². The van der Waals surface area contributed by atoms with E-state index in [1.54, 1.807) is 6.26 Å². The lowest BCUT2D eigenvalue weighted by atomic mass is 9.91. The van der Waals surface area contributed by atoms with Gasteiger partial charge < -0.3 is 4.74 Å². The van der Waals surface area contributed by atoms with Crippen molar-refractivity contribution in [1.29, 1.82) is 0 Å². The minimum atomic E-state index is 0.0843. The molecule has 0 radical (unpaired) electrons. The summed E-state index contributed by atoms with van der Waals surface area (Å²) in [7, 11) is 0. The molecule has 2 aromatic carbocycles. The number of benzene rings is 2. The third kappa shape index (κ3) is 2.08. The van der Waals surface area contributed by atoms with Crippen LogP contribution < -0.4 is 0 Å². The maximum atomic E-state index is 5.78. The van der Waals surface area contributed by atoms with E-state index in [9.17, 15) is 0 Å². The molecule has 108 valence electrons. The van der Waals surface area contributed by atoms with E-state index in [0.29, 0.717) is 0 Å². The Morgan fingerprint density at radius 2 is 1.95 bits per heavy atom. The summed E-state index contributed by atoms with van der Waals surface area (Å²) in [6.45, 7) is 2.11. The average molecular weight is 287 g/mol. The first-order chi connectivity index (χ1) is 10.8. The van der Waals surface area contributed by atoms with Gasteiger partial charge in [-0.25, -0.2) is 0 Å². The van der Waals surface area contributed by atoms with Gasteiger partial charge in [0.25, 0.3) is 0 Å². The number of nitrogens with zero attached hydrogens (tertiary/aromatic N) is 1. The Morgan fingerprint density at radius 3 is 2.77 bits per heavy atom. The Kier molecular flexibility index (Phi) is 3.15. The van der Waals surface area contributed by atoms with E-state index in [-0.39, 0.29) is 6.10 Å². The van der Waals surface area contributed by atoms with Crippen molar-refractivity contribution >= 4 is 10.8 Å². The van der Waals surface area contributed by atoms with E-state index >= 15 is 0 Å². The summed E-state index contributed by atoms with van der Waals surface area (Å²) in [4.78, 5) is 4.65. The summed E-state index contributed by atoms with van der Waals surface area (Å²) < 4.78 is 5.78. The van der Waals surface area contributed by atoms with Crippen molar-refractivity contribution in [2.24, 2.45) is 0 Å². The van der Waals surface area contributed by atoms with Gasteiger partial charge in [-0.1, -0.05) is 42.5 Å². The standard InChI is InChI=1S/C20H17NO/c1-14-6-4-12-21-20(14)19-16-8-3-2-7-15(16)10-11-17(19)18-9-5-13-22-18/h2-8,10-13,18H,9H2,1H3/t18-/m0/s1. The van der Waals surface area contributed by atoms with Crippen molar-refractivity contribution in [2.75, 3.05) is 0 Å². The van der Waals surface area contributed by atoms with E-state index in [0.717, 1.165) is 12.1 Å². The summed E-state index contributed by atoms with van der Waals surface area (Å²) >= 11 is 0. The van der Waals surface area contributed by atoms with Gasteiger partial charge in [-0.05, 0) is 35.4 Å². The van der Waals surface area contributed by atoms with Crippen molar-refractivity contribution in [3.8, 4) is 11.3 Å².